The van der Waals surface area contributed by atoms with Crippen LogP contribution in [0.25, 0.3) is 11.1 Å². The first kappa shape index (κ1) is 26.8. The molecule has 1 atom stereocenters. The number of hydrogen-bond acceptors (Lipinski definition) is 6. The zero-order valence-electron chi connectivity index (χ0n) is 21.7. The Labute approximate surface area is 213 Å². The Morgan fingerprint density at radius 1 is 1.08 bits per heavy atom. The number of ether oxygens (including phenoxy) is 2. The van der Waals surface area contributed by atoms with E-state index in [1.54, 1.807) is 25.3 Å². The Morgan fingerprint density at radius 2 is 1.81 bits per heavy atom. The van der Waals surface area contributed by atoms with Crippen LogP contribution in [0.4, 0.5) is 20.3 Å². The fourth-order valence-corrected chi connectivity index (χ4v) is 5.23. The van der Waals surface area contributed by atoms with Gasteiger partial charge >= 0.3 is 0 Å². The largest absolute Gasteiger partial charge is 0.383 e. The van der Waals surface area contributed by atoms with Crippen LogP contribution in [-0.2, 0) is 9.47 Å². The van der Waals surface area contributed by atoms with E-state index in [-0.39, 0.29) is 17.3 Å². The third kappa shape index (κ3) is 7.14. The number of pyridine rings is 1. The number of benzene rings is 1. The van der Waals surface area contributed by atoms with Crippen molar-refractivity contribution in [3.05, 3.63) is 42.1 Å². The molecular formula is C28H40F2N4O2. The van der Waals surface area contributed by atoms with Gasteiger partial charge in [-0.25, -0.2) is 13.8 Å². The van der Waals surface area contributed by atoms with E-state index in [4.69, 9.17) is 9.47 Å². The number of nitrogens with zero attached hydrogens (tertiary/aromatic N) is 1. The number of aromatic nitrogens is 1. The van der Waals surface area contributed by atoms with Gasteiger partial charge in [0, 0.05) is 50.6 Å². The highest BCUT2D eigenvalue weighted by Crippen LogP contribution is 2.33. The summed E-state index contributed by atoms with van der Waals surface area (Å²) in [4.78, 5) is 4.28. The maximum absolute atomic E-state index is 14.8. The van der Waals surface area contributed by atoms with Crippen molar-refractivity contribution in [2.24, 2.45) is 5.41 Å². The Bertz CT molecular complexity index is 992. The molecule has 0 amide bonds. The van der Waals surface area contributed by atoms with Crippen LogP contribution in [-0.4, -0.2) is 56.6 Å². The minimum absolute atomic E-state index is 0.0516. The van der Waals surface area contributed by atoms with Crippen molar-refractivity contribution in [2.45, 2.75) is 70.5 Å². The minimum Gasteiger partial charge on any atom is -0.383 e. The predicted octanol–water partition coefficient (Wildman–Crippen LogP) is 5.60. The molecule has 36 heavy (non-hydrogen) atoms. The van der Waals surface area contributed by atoms with Gasteiger partial charge in [-0.15, -0.1) is 0 Å². The third-order valence-electron chi connectivity index (χ3n) is 7.55. The molecule has 1 aliphatic heterocycles. The molecule has 1 aliphatic carbocycles. The average Bonchev–Trinajstić information content (AvgIpc) is 2.87. The summed E-state index contributed by atoms with van der Waals surface area (Å²) in [6.45, 7) is 7.13. The molecule has 2 aliphatic rings. The normalized spacial score (nSPS) is 22.7. The molecule has 1 aromatic carbocycles. The SMILES string of the molecule is COCC(C)NC1CCC(Nc2cc(-c3ccc(F)c(NCC4(C)CCOCC4)c3)c(F)cn2)CC1. The number of methoxy groups -OCH3 is 1. The lowest BCUT2D eigenvalue weighted by atomic mass is 9.82. The average molecular weight is 503 g/mol. The Hall–Kier alpha value is -2.29. The van der Waals surface area contributed by atoms with Gasteiger partial charge in [0.15, 0.2) is 0 Å². The first-order valence-electron chi connectivity index (χ1n) is 13.1. The summed E-state index contributed by atoms with van der Waals surface area (Å²) in [5.41, 5.74) is 1.48. The highest BCUT2D eigenvalue weighted by atomic mass is 19.1. The number of anilines is 2. The van der Waals surface area contributed by atoms with Crippen LogP contribution >= 0.6 is 0 Å². The number of halogens is 2. The fourth-order valence-electron chi connectivity index (χ4n) is 5.23. The van der Waals surface area contributed by atoms with E-state index >= 15 is 0 Å². The van der Waals surface area contributed by atoms with Crippen LogP contribution in [0.1, 0.15) is 52.4 Å². The van der Waals surface area contributed by atoms with Crippen molar-refractivity contribution in [3.8, 4) is 11.1 Å². The Kier molecular flexibility index (Phi) is 9.14. The maximum atomic E-state index is 14.8. The molecule has 2 heterocycles. The summed E-state index contributed by atoms with van der Waals surface area (Å²) in [5, 5.41) is 10.4. The molecule has 1 saturated carbocycles. The van der Waals surface area contributed by atoms with Crippen molar-refractivity contribution in [2.75, 3.05) is 44.1 Å². The van der Waals surface area contributed by atoms with Gasteiger partial charge in [0.1, 0.15) is 17.5 Å². The lowest BCUT2D eigenvalue weighted by Crippen LogP contribution is -2.42. The van der Waals surface area contributed by atoms with Crippen molar-refractivity contribution >= 4 is 11.5 Å². The molecule has 1 unspecified atom stereocenters. The Balaban J connectivity index is 1.39. The van der Waals surface area contributed by atoms with Gasteiger partial charge in [0.05, 0.1) is 18.5 Å². The van der Waals surface area contributed by atoms with Crippen molar-refractivity contribution in [1.82, 2.24) is 10.3 Å². The molecule has 3 N–H and O–H groups in total. The molecule has 2 fully saturated rings. The highest BCUT2D eigenvalue weighted by molar-refractivity contribution is 5.71. The van der Waals surface area contributed by atoms with Crippen LogP contribution in [0.3, 0.4) is 0 Å². The van der Waals surface area contributed by atoms with Gasteiger partial charge in [-0.3, -0.25) is 0 Å². The zero-order valence-corrected chi connectivity index (χ0v) is 21.7. The van der Waals surface area contributed by atoms with E-state index in [1.807, 2.05) is 0 Å². The minimum atomic E-state index is -0.422. The molecule has 8 heteroatoms. The Morgan fingerprint density at radius 3 is 2.53 bits per heavy atom. The van der Waals surface area contributed by atoms with E-state index in [1.165, 1.54) is 12.3 Å². The standard InChI is InChI=1S/C28H40F2N4O2/c1-19(17-35-3)33-21-5-7-22(8-6-21)34-27-15-23(25(30)16-31-27)20-4-9-24(29)26(14-20)32-18-28(2)10-12-36-13-11-28/h4,9,14-16,19,21-22,32-33H,5-8,10-13,17-18H2,1-3H3,(H,31,34). The second-order valence-electron chi connectivity index (χ2n) is 10.7. The number of nitrogens with one attached hydrogen (secondary N) is 3. The molecule has 198 valence electrons. The highest BCUT2D eigenvalue weighted by Gasteiger charge is 2.27. The first-order valence-corrected chi connectivity index (χ1v) is 13.1. The molecule has 0 bridgehead atoms. The molecule has 2 aromatic rings. The number of hydrogen-bond donors (Lipinski definition) is 3. The molecule has 4 rings (SSSR count). The van der Waals surface area contributed by atoms with Crippen LogP contribution in [0.2, 0.25) is 0 Å². The van der Waals surface area contributed by atoms with E-state index in [2.05, 4.69) is 34.8 Å². The molecule has 0 radical (unpaired) electrons. The van der Waals surface area contributed by atoms with E-state index in [0.717, 1.165) is 51.7 Å². The van der Waals surface area contributed by atoms with Gasteiger partial charge in [-0.05, 0) is 74.6 Å². The van der Waals surface area contributed by atoms with Crippen molar-refractivity contribution < 1.29 is 18.3 Å². The molecule has 1 aromatic heterocycles. The van der Waals surface area contributed by atoms with Crippen molar-refractivity contribution in [1.29, 1.82) is 0 Å². The van der Waals surface area contributed by atoms with Gasteiger partial charge in [0.25, 0.3) is 0 Å². The van der Waals surface area contributed by atoms with E-state index in [9.17, 15) is 8.78 Å². The molecular weight excluding hydrogens is 462 g/mol. The second kappa shape index (κ2) is 12.3. The summed E-state index contributed by atoms with van der Waals surface area (Å²) in [5.74, 6) is -0.119. The number of rotatable bonds is 10. The smallest absolute Gasteiger partial charge is 0.149 e. The summed E-state index contributed by atoms with van der Waals surface area (Å²) in [7, 11) is 1.72. The summed E-state index contributed by atoms with van der Waals surface area (Å²) < 4.78 is 40.1. The fraction of sp³-hybridized carbons (Fsp3) is 0.607. The van der Waals surface area contributed by atoms with Gasteiger partial charge in [0.2, 0.25) is 0 Å². The van der Waals surface area contributed by atoms with E-state index < -0.39 is 5.82 Å². The molecule has 6 nitrogen and oxygen atoms in total. The monoisotopic (exact) mass is 502 g/mol. The third-order valence-corrected chi connectivity index (χ3v) is 7.55. The lowest BCUT2D eigenvalue weighted by molar-refractivity contribution is 0.0300. The first-order chi connectivity index (χ1) is 17.3. The van der Waals surface area contributed by atoms with Crippen LogP contribution in [0.5, 0.6) is 0 Å². The molecule has 1 saturated heterocycles. The van der Waals surface area contributed by atoms with Crippen LogP contribution < -0.4 is 16.0 Å². The van der Waals surface area contributed by atoms with E-state index in [0.29, 0.717) is 47.9 Å². The van der Waals surface area contributed by atoms with Gasteiger partial charge in [-0.2, -0.15) is 0 Å². The predicted molar refractivity (Wildman–Crippen MR) is 140 cm³/mol. The van der Waals surface area contributed by atoms with Gasteiger partial charge < -0.3 is 25.4 Å². The maximum Gasteiger partial charge on any atom is 0.149 e. The lowest BCUT2D eigenvalue weighted by Gasteiger charge is -2.34. The quantitative estimate of drug-likeness (QED) is 0.393. The summed E-state index contributed by atoms with van der Waals surface area (Å²) in [6, 6.07) is 7.55. The zero-order chi connectivity index (χ0) is 25.5. The van der Waals surface area contributed by atoms with Crippen LogP contribution in [0, 0.1) is 17.0 Å². The topological polar surface area (TPSA) is 67.4 Å². The van der Waals surface area contributed by atoms with Crippen molar-refractivity contribution in [3.63, 3.8) is 0 Å². The summed E-state index contributed by atoms with van der Waals surface area (Å²) >= 11 is 0. The molecule has 0 spiro atoms. The summed E-state index contributed by atoms with van der Waals surface area (Å²) in [6.07, 6.45) is 7.27. The second-order valence-corrected chi connectivity index (χ2v) is 10.7. The van der Waals surface area contributed by atoms with Crippen LogP contribution in [0.15, 0.2) is 30.5 Å². The van der Waals surface area contributed by atoms with Gasteiger partial charge in [-0.1, -0.05) is 13.0 Å².